The maximum Gasteiger partial charge on any atom is 0.262 e. The highest BCUT2D eigenvalue weighted by molar-refractivity contribution is 7.89. The lowest BCUT2D eigenvalue weighted by Crippen LogP contribution is -2.51. The zero-order valence-corrected chi connectivity index (χ0v) is 13.7. The first-order chi connectivity index (χ1) is 10.2. The molecule has 0 aromatic heterocycles. The van der Waals surface area contributed by atoms with Gasteiger partial charge in [0.1, 0.15) is 0 Å². The van der Waals surface area contributed by atoms with Gasteiger partial charge in [0.05, 0.1) is 18.3 Å². The van der Waals surface area contributed by atoms with E-state index in [9.17, 15) is 22.0 Å². The Hall–Kier alpha value is -0.800. The van der Waals surface area contributed by atoms with Crippen molar-refractivity contribution in [2.24, 2.45) is 0 Å². The SMILES string of the molecule is CCS(=O)(=O)N(C)C1CCN(C(=O)C2CC(F)(F)CN2)CC1. The highest BCUT2D eigenvalue weighted by Crippen LogP contribution is 2.27. The molecule has 2 fully saturated rings. The Morgan fingerprint density at radius 3 is 2.41 bits per heavy atom. The molecule has 128 valence electrons. The first-order valence-corrected chi connectivity index (χ1v) is 9.13. The summed E-state index contributed by atoms with van der Waals surface area (Å²) in [6.45, 7) is 1.93. The molecule has 1 N–H and O–H groups in total. The molecule has 9 heteroatoms. The lowest BCUT2D eigenvalue weighted by Gasteiger charge is -2.37. The summed E-state index contributed by atoms with van der Waals surface area (Å²) < 4.78 is 51.4. The van der Waals surface area contributed by atoms with Crippen molar-refractivity contribution in [2.75, 3.05) is 32.4 Å². The Labute approximate surface area is 129 Å². The molecule has 2 saturated heterocycles. The van der Waals surface area contributed by atoms with Crippen molar-refractivity contribution in [3.8, 4) is 0 Å². The van der Waals surface area contributed by atoms with E-state index in [1.807, 2.05) is 0 Å². The first-order valence-electron chi connectivity index (χ1n) is 7.52. The number of hydrogen-bond acceptors (Lipinski definition) is 4. The van der Waals surface area contributed by atoms with Crippen LogP contribution in [0, 0.1) is 0 Å². The average molecular weight is 339 g/mol. The van der Waals surface area contributed by atoms with Crippen LogP contribution in [0.2, 0.25) is 0 Å². The van der Waals surface area contributed by atoms with Crippen LogP contribution in [0.5, 0.6) is 0 Å². The van der Waals surface area contributed by atoms with E-state index in [4.69, 9.17) is 0 Å². The van der Waals surface area contributed by atoms with Crippen LogP contribution in [0.25, 0.3) is 0 Å². The normalized spacial score (nSPS) is 26.6. The Morgan fingerprint density at radius 2 is 1.95 bits per heavy atom. The summed E-state index contributed by atoms with van der Waals surface area (Å²) in [4.78, 5) is 13.8. The molecule has 0 aliphatic carbocycles. The maximum absolute atomic E-state index is 13.2. The minimum absolute atomic E-state index is 0.0454. The monoisotopic (exact) mass is 339 g/mol. The van der Waals surface area contributed by atoms with Crippen LogP contribution in [0.15, 0.2) is 0 Å². The number of amides is 1. The van der Waals surface area contributed by atoms with Gasteiger partial charge in [0, 0.05) is 32.6 Å². The second-order valence-electron chi connectivity index (χ2n) is 5.97. The van der Waals surface area contributed by atoms with E-state index >= 15 is 0 Å². The quantitative estimate of drug-likeness (QED) is 0.797. The smallest absolute Gasteiger partial charge is 0.262 e. The molecule has 1 atom stereocenters. The minimum Gasteiger partial charge on any atom is -0.341 e. The number of carbonyl (C=O) groups excluding carboxylic acids is 1. The van der Waals surface area contributed by atoms with Crippen molar-refractivity contribution in [3.05, 3.63) is 0 Å². The van der Waals surface area contributed by atoms with E-state index in [0.717, 1.165) is 0 Å². The Morgan fingerprint density at radius 1 is 1.36 bits per heavy atom. The Balaban J connectivity index is 1.89. The van der Waals surface area contributed by atoms with Crippen molar-refractivity contribution >= 4 is 15.9 Å². The molecule has 1 amide bonds. The fourth-order valence-electron chi connectivity index (χ4n) is 2.99. The fraction of sp³-hybridized carbons (Fsp3) is 0.923. The van der Waals surface area contributed by atoms with Gasteiger partial charge in [-0.1, -0.05) is 0 Å². The van der Waals surface area contributed by atoms with Crippen LogP contribution in [0.4, 0.5) is 8.78 Å². The summed E-state index contributed by atoms with van der Waals surface area (Å²) in [5.74, 6) is -3.09. The molecule has 22 heavy (non-hydrogen) atoms. The summed E-state index contributed by atoms with van der Waals surface area (Å²) in [6, 6.07) is -0.962. The average Bonchev–Trinajstić information content (AvgIpc) is 2.86. The molecule has 2 aliphatic rings. The predicted molar refractivity (Wildman–Crippen MR) is 78.2 cm³/mol. The zero-order chi connectivity index (χ0) is 16.5. The maximum atomic E-state index is 13.2. The third-order valence-corrected chi connectivity index (χ3v) is 6.41. The number of piperidine rings is 1. The second kappa shape index (κ2) is 6.37. The lowest BCUT2D eigenvalue weighted by atomic mass is 10.0. The largest absolute Gasteiger partial charge is 0.341 e. The van der Waals surface area contributed by atoms with E-state index in [1.165, 1.54) is 4.31 Å². The Bertz CT molecular complexity index is 519. The van der Waals surface area contributed by atoms with Crippen molar-refractivity contribution in [1.82, 2.24) is 14.5 Å². The van der Waals surface area contributed by atoms with E-state index in [-0.39, 0.29) is 17.7 Å². The summed E-state index contributed by atoms with van der Waals surface area (Å²) in [5.41, 5.74) is 0. The van der Waals surface area contributed by atoms with Crippen molar-refractivity contribution in [1.29, 1.82) is 0 Å². The van der Waals surface area contributed by atoms with Gasteiger partial charge < -0.3 is 4.90 Å². The molecule has 2 rings (SSSR count). The van der Waals surface area contributed by atoms with Crippen molar-refractivity contribution < 1.29 is 22.0 Å². The highest BCUT2D eigenvalue weighted by atomic mass is 32.2. The molecule has 2 heterocycles. The molecule has 1 unspecified atom stereocenters. The van der Waals surface area contributed by atoms with Crippen molar-refractivity contribution in [2.45, 2.75) is 44.2 Å². The number of halogens is 2. The summed E-state index contributed by atoms with van der Waals surface area (Å²) in [5, 5.41) is 2.56. The fourth-order valence-corrected chi connectivity index (χ4v) is 4.06. The molecule has 6 nitrogen and oxygen atoms in total. The molecule has 0 radical (unpaired) electrons. The van der Waals surface area contributed by atoms with Crippen LogP contribution in [-0.4, -0.2) is 74.0 Å². The number of carbonyl (C=O) groups is 1. The standard InChI is InChI=1S/C13H23F2N3O3S/c1-3-22(20,21)17(2)10-4-6-18(7-5-10)12(19)11-8-13(14,15)9-16-11/h10-11,16H,3-9H2,1-2H3. The number of nitrogens with zero attached hydrogens (tertiary/aromatic N) is 2. The van der Waals surface area contributed by atoms with Gasteiger partial charge in [0.25, 0.3) is 5.92 Å². The van der Waals surface area contributed by atoms with Crippen LogP contribution in [0.3, 0.4) is 0 Å². The van der Waals surface area contributed by atoms with Gasteiger partial charge in [-0.2, -0.15) is 0 Å². The van der Waals surface area contributed by atoms with Gasteiger partial charge in [-0.3, -0.25) is 10.1 Å². The molecule has 0 aromatic rings. The third-order valence-electron chi connectivity index (χ3n) is 4.50. The van der Waals surface area contributed by atoms with Gasteiger partial charge in [0.2, 0.25) is 15.9 Å². The number of likely N-dealkylation sites (tertiary alicyclic amines) is 1. The number of alkyl halides is 2. The summed E-state index contributed by atoms with van der Waals surface area (Å²) in [7, 11) is -1.69. The topological polar surface area (TPSA) is 69.7 Å². The molecule has 0 saturated carbocycles. The van der Waals surface area contributed by atoms with Gasteiger partial charge in [-0.25, -0.2) is 21.5 Å². The molecule has 0 spiro atoms. The van der Waals surface area contributed by atoms with Crippen LogP contribution < -0.4 is 5.32 Å². The van der Waals surface area contributed by atoms with Crippen LogP contribution in [-0.2, 0) is 14.8 Å². The molecule has 0 bridgehead atoms. The van der Waals surface area contributed by atoms with E-state index in [2.05, 4.69) is 5.32 Å². The lowest BCUT2D eigenvalue weighted by molar-refractivity contribution is -0.135. The van der Waals surface area contributed by atoms with Gasteiger partial charge >= 0.3 is 0 Å². The van der Waals surface area contributed by atoms with Gasteiger partial charge in [0.15, 0.2) is 0 Å². The van der Waals surface area contributed by atoms with E-state index in [1.54, 1.807) is 18.9 Å². The van der Waals surface area contributed by atoms with Crippen molar-refractivity contribution in [3.63, 3.8) is 0 Å². The van der Waals surface area contributed by atoms with Crippen LogP contribution >= 0.6 is 0 Å². The Kier molecular flexibility index (Phi) is 5.08. The number of rotatable bonds is 4. The second-order valence-corrected chi connectivity index (χ2v) is 8.28. The molecular weight excluding hydrogens is 316 g/mol. The zero-order valence-electron chi connectivity index (χ0n) is 12.9. The predicted octanol–water partition coefficient (Wildman–Crippen LogP) is 0.256. The molecule has 0 aromatic carbocycles. The highest BCUT2D eigenvalue weighted by Gasteiger charge is 2.44. The van der Waals surface area contributed by atoms with Crippen LogP contribution in [0.1, 0.15) is 26.2 Å². The van der Waals surface area contributed by atoms with Gasteiger partial charge in [-0.15, -0.1) is 0 Å². The first kappa shape index (κ1) is 17.6. The van der Waals surface area contributed by atoms with E-state index in [0.29, 0.717) is 25.9 Å². The molecular formula is C13H23F2N3O3S. The number of nitrogens with one attached hydrogen (secondary N) is 1. The minimum atomic E-state index is -3.25. The number of hydrogen-bond donors (Lipinski definition) is 1. The summed E-state index contributed by atoms with van der Waals surface area (Å²) >= 11 is 0. The molecule has 2 aliphatic heterocycles. The number of sulfonamides is 1. The van der Waals surface area contributed by atoms with Gasteiger partial charge in [-0.05, 0) is 19.8 Å². The van der Waals surface area contributed by atoms with E-state index < -0.39 is 35.0 Å². The summed E-state index contributed by atoms with van der Waals surface area (Å²) in [6.07, 6.45) is 0.602. The third kappa shape index (κ3) is 3.75.